The van der Waals surface area contributed by atoms with Crippen molar-refractivity contribution in [3.05, 3.63) is 23.8 Å². The van der Waals surface area contributed by atoms with Crippen LogP contribution in [0, 0.1) is 0 Å². The first-order chi connectivity index (χ1) is 6.24. The predicted octanol–water partition coefficient (Wildman–Crippen LogP) is 1.25. The lowest BCUT2D eigenvalue weighted by molar-refractivity contribution is 0.445. The van der Waals surface area contributed by atoms with Crippen LogP contribution in [-0.2, 0) is 6.42 Å². The Morgan fingerprint density at radius 3 is 2.69 bits per heavy atom. The Kier molecular flexibility index (Phi) is 3.58. The van der Waals surface area contributed by atoms with E-state index in [0.717, 1.165) is 24.9 Å². The number of phenolic OH excluding ortho intramolecular Hbond substituents is 2. The van der Waals surface area contributed by atoms with Crippen LogP contribution in [0.2, 0.25) is 0 Å². The second kappa shape index (κ2) is 4.72. The summed E-state index contributed by atoms with van der Waals surface area (Å²) in [5.41, 5.74) is 0.882. The van der Waals surface area contributed by atoms with Crippen LogP contribution in [0.15, 0.2) is 18.2 Å². The average Bonchev–Trinajstić information content (AvgIpc) is 2.09. The van der Waals surface area contributed by atoms with E-state index >= 15 is 0 Å². The molecular weight excluding hydrogens is 166 g/mol. The van der Waals surface area contributed by atoms with Gasteiger partial charge in [0.2, 0.25) is 0 Å². The first-order valence-corrected chi connectivity index (χ1v) is 4.39. The topological polar surface area (TPSA) is 52.5 Å². The number of phenols is 2. The van der Waals surface area contributed by atoms with Gasteiger partial charge in [-0.2, -0.15) is 0 Å². The van der Waals surface area contributed by atoms with Crippen LogP contribution >= 0.6 is 0 Å². The number of aromatic hydroxyl groups is 2. The molecule has 1 aromatic carbocycles. The van der Waals surface area contributed by atoms with Crippen LogP contribution < -0.4 is 5.32 Å². The molecule has 0 aliphatic rings. The first kappa shape index (κ1) is 9.86. The Labute approximate surface area is 78.0 Å². The molecule has 72 valence electrons. The van der Waals surface area contributed by atoms with E-state index in [1.807, 2.05) is 7.05 Å². The summed E-state index contributed by atoms with van der Waals surface area (Å²) < 4.78 is 0. The molecule has 3 nitrogen and oxygen atoms in total. The monoisotopic (exact) mass is 181 g/mol. The van der Waals surface area contributed by atoms with E-state index < -0.39 is 0 Å². The van der Waals surface area contributed by atoms with Gasteiger partial charge in [0, 0.05) is 6.07 Å². The molecule has 3 heteroatoms. The Hall–Kier alpha value is -1.22. The third kappa shape index (κ3) is 2.95. The van der Waals surface area contributed by atoms with Gasteiger partial charge in [-0.3, -0.25) is 0 Å². The minimum absolute atomic E-state index is 0.106. The standard InChI is InChI=1S/C10H15NO2/c1-11-6-2-3-8-4-5-9(12)7-10(8)13/h4-5,7,11-13H,2-3,6H2,1H3. The number of hydrogen-bond donors (Lipinski definition) is 3. The summed E-state index contributed by atoms with van der Waals surface area (Å²) in [6, 6.07) is 4.71. The molecule has 0 aromatic heterocycles. The molecule has 0 amide bonds. The highest BCUT2D eigenvalue weighted by molar-refractivity contribution is 5.38. The quantitative estimate of drug-likeness (QED) is 0.613. The van der Waals surface area contributed by atoms with E-state index in [4.69, 9.17) is 5.11 Å². The van der Waals surface area contributed by atoms with E-state index in [9.17, 15) is 5.11 Å². The lowest BCUT2D eigenvalue weighted by atomic mass is 10.1. The van der Waals surface area contributed by atoms with Gasteiger partial charge in [-0.15, -0.1) is 0 Å². The van der Waals surface area contributed by atoms with Crippen LogP contribution in [0.1, 0.15) is 12.0 Å². The second-order valence-electron chi connectivity index (χ2n) is 3.02. The SMILES string of the molecule is CNCCCc1ccc(O)cc1O. The van der Waals surface area contributed by atoms with Crippen molar-refractivity contribution in [3.8, 4) is 11.5 Å². The molecule has 1 aromatic rings. The lowest BCUT2D eigenvalue weighted by Gasteiger charge is -2.04. The molecule has 0 saturated heterocycles. The van der Waals surface area contributed by atoms with Gasteiger partial charge in [-0.1, -0.05) is 6.07 Å². The van der Waals surface area contributed by atoms with Crippen LogP contribution in [0.25, 0.3) is 0 Å². The zero-order valence-corrected chi connectivity index (χ0v) is 7.75. The summed E-state index contributed by atoms with van der Waals surface area (Å²) >= 11 is 0. The van der Waals surface area contributed by atoms with Gasteiger partial charge in [0.1, 0.15) is 11.5 Å². The maximum Gasteiger partial charge on any atom is 0.122 e. The van der Waals surface area contributed by atoms with Crippen molar-refractivity contribution >= 4 is 0 Å². The fourth-order valence-electron chi connectivity index (χ4n) is 1.22. The van der Waals surface area contributed by atoms with Crippen LogP contribution in [0.4, 0.5) is 0 Å². The van der Waals surface area contributed by atoms with Gasteiger partial charge in [0.25, 0.3) is 0 Å². The van der Waals surface area contributed by atoms with Gasteiger partial charge in [0.05, 0.1) is 0 Å². The maximum atomic E-state index is 9.41. The van der Waals surface area contributed by atoms with Gasteiger partial charge < -0.3 is 15.5 Å². The maximum absolute atomic E-state index is 9.41. The van der Waals surface area contributed by atoms with Crippen LogP contribution in [0.5, 0.6) is 11.5 Å². The normalized spacial score (nSPS) is 10.2. The zero-order chi connectivity index (χ0) is 9.68. The van der Waals surface area contributed by atoms with E-state index in [0.29, 0.717) is 0 Å². The fourth-order valence-corrected chi connectivity index (χ4v) is 1.22. The molecule has 0 aliphatic heterocycles. The molecular formula is C10H15NO2. The number of hydrogen-bond acceptors (Lipinski definition) is 3. The minimum atomic E-state index is 0.106. The molecule has 0 spiro atoms. The Bertz CT molecular complexity index is 274. The van der Waals surface area contributed by atoms with Gasteiger partial charge in [0.15, 0.2) is 0 Å². The van der Waals surface area contributed by atoms with Gasteiger partial charge in [-0.25, -0.2) is 0 Å². The molecule has 3 N–H and O–H groups in total. The highest BCUT2D eigenvalue weighted by Crippen LogP contribution is 2.23. The van der Waals surface area contributed by atoms with Crippen molar-refractivity contribution in [3.63, 3.8) is 0 Å². The largest absolute Gasteiger partial charge is 0.508 e. The molecule has 13 heavy (non-hydrogen) atoms. The van der Waals surface area contributed by atoms with Crippen molar-refractivity contribution in [1.29, 1.82) is 0 Å². The Balaban J connectivity index is 2.56. The zero-order valence-electron chi connectivity index (χ0n) is 7.75. The van der Waals surface area contributed by atoms with E-state index in [2.05, 4.69) is 5.32 Å². The van der Waals surface area contributed by atoms with Crippen molar-refractivity contribution in [2.24, 2.45) is 0 Å². The molecule has 0 bridgehead atoms. The van der Waals surface area contributed by atoms with Crippen molar-refractivity contribution in [2.45, 2.75) is 12.8 Å². The van der Waals surface area contributed by atoms with Gasteiger partial charge >= 0.3 is 0 Å². The second-order valence-corrected chi connectivity index (χ2v) is 3.02. The summed E-state index contributed by atoms with van der Waals surface area (Å²) in [6.07, 6.45) is 1.81. The fraction of sp³-hybridized carbons (Fsp3) is 0.400. The predicted molar refractivity (Wildman–Crippen MR) is 52.0 cm³/mol. The number of aryl methyl sites for hydroxylation is 1. The molecule has 0 saturated carbocycles. The Morgan fingerprint density at radius 2 is 2.08 bits per heavy atom. The number of benzene rings is 1. The highest BCUT2D eigenvalue weighted by Gasteiger charge is 2.00. The first-order valence-electron chi connectivity index (χ1n) is 4.39. The summed E-state index contributed by atoms with van der Waals surface area (Å²) in [5, 5.41) is 21.5. The van der Waals surface area contributed by atoms with Crippen LogP contribution in [0.3, 0.4) is 0 Å². The molecule has 0 atom stereocenters. The molecule has 0 fully saturated rings. The summed E-state index contributed by atoms with van der Waals surface area (Å²) in [6.45, 7) is 0.931. The van der Waals surface area contributed by atoms with Crippen molar-refractivity contribution in [2.75, 3.05) is 13.6 Å². The average molecular weight is 181 g/mol. The minimum Gasteiger partial charge on any atom is -0.508 e. The smallest absolute Gasteiger partial charge is 0.122 e. The van der Waals surface area contributed by atoms with Crippen molar-refractivity contribution in [1.82, 2.24) is 5.32 Å². The molecule has 0 heterocycles. The third-order valence-corrected chi connectivity index (χ3v) is 1.94. The molecule has 0 aliphatic carbocycles. The van der Waals surface area contributed by atoms with Crippen LogP contribution in [-0.4, -0.2) is 23.8 Å². The number of nitrogens with one attached hydrogen (secondary N) is 1. The van der Waals surface area contributed by atoms with Crippen molar-refractivity contribution < 1.29 is 10.2 Å². The van der Waals surface area contributed by atoms with E-state index in [1.54, 1.807) is 12.1 Å². The van der Waals surface area contributed by atoms with E-state index in [-0.39, 0.29) is 11.5 Å². The summed E-state index contributed by atoms with van der Waals surface area (Å²) in [4.78, 5) is 0. The third-order valence-electron chi connectivity index (χ3n) is 1.94. The molecule has 0 radical (unpaired) electrons. The van der Waals surface area contributed by atoms with E-state index in [1.165, 1.54) is 6.07 Å². The number of rotatable bonds is 4. The van der Waals surface area contributed by atoms with Gasteiger partial charge in [-0.05, 0) is 38.1 Å². The lowest BCUT2D eigenvalue weighted by Crippen LogP contribution is -2.08. The summed E-state index contributed by atoms with van der Waals surface area (Å²) in [5.74, 6) is 0.283. The highest BCUT2D eigenvalue weighted by atomic mass is 16.3. The Morgan fingerprint density at radius 1 is 1.31 bits per heavy atom. The summed E-state index contributed by atoms with van der Waals surface area (Å²) in [7, 11) is 1.90. The molecule has 0 unspecified atom stereocenters. The molecule has 1 rings (SSSR count).